The summed E-state index contributed by atoms with van der Waals surface area (Å²) in [6.07, 6.45) is 2.08. The van der Waals surface area contributed by atoms with Gasteiger partial charge in [-0.05, 0) is 42.6 Å². The fourth-order valence-corrected chi connectivity index (χ4v) is 2.20. The summed E-state index contributed by atoms with van der Waals surface area (Å²) in [5.41, 5.74) is 9.89. The molecule has 2 heterocycles. The molecule has 3 aromatic rings. The van der Waals surface area contributed by atoms with Crippen molar-refractivity contribution in [3.8, 4) is 0 Å². The number of aromatic nitrogens is 2. The zero-order chi connectivity index (χ0) is 12.5. The normalized spacial score (nSPS) is 10.9. The van der Waals surface area contributed by atoms with Crippen LogP contribution in [0.1, 0.15) is 11.4 Å². The molecule has 18 heavy (non-hydrogen) atoms. The summed E-state index contributed by atoms with van der Waals surface area (Å²) in [6.45, 7) is 2.78. The van der Waals surface area contributed by atoms with Gasteiger partial charge in [0.25, 0.3) is 0 Å². The smallest absolute Gasteiger partial charge is 0.0648 e. The number of fused-ring (bicyclic) bond motifs is 1. The van der Waals surface area contributed by atoms with Gasteiger partial charge in [0, 0.05) is 17.6 Å². The van der Waals surface area contributed by atoms with Crippen molar-refractivity contribution in [1.82, 2.24) is 9.55 Å². The standard InChI is InChI=1S/C15H15N3/c1-11-3-2-4-14(17-11)10-18-8-7-12-5-6-13(16)9-15(12)18/h2-9H,10,16H2,1H3. The van der Waals surface area contributed by atoms with Gasteiger partial charge >= 0.3 is 0 Å². The molecule has 0 aliphatic rings. The molecule has 0 unspecified atom stereocenters. The molecule has 0 aliphatic carbocycles. The topological polar surface area (TPSA) is 43.8 Å². The minimum atomic E-state index is 0.772. The van der Waals surface area contributed by atoms with Crippen LogP contribution in [-0.2, 0) is 6.54 Å². The Bertz CT molecular complexity index is 698. The first-order valence-electron chi connectivity index (χ1n) is 5.99. The van der Waals surface area contributed by atoms with Crippen molar-refractivity contribution < 1.29 is 0 Å². The van der Waals surface area contributed by atoms with Crippen molar-refractivity contribution in [3.63, 3.8) is 0 Å². The zero-order valence-electron chi connectivity index (χ0n) is 10.3. The number of benzene rings is 1. The molecule has 0 saturated carbocycles. The van der Waals surface area contributed by atoms with Crippen LogP contribution >= 0.6 is 0 Å². The van der Waals surface area contributed by atoms with E-state index in [0.717, 1.165) is 29.1 Å². The van der Waals surface area contributed by atoms with Crippen LogP contribution in [0.3, 0.4) is 0 Å². The molecule has 0 bridgehead atoms. The summed E-state index contributed by atoms with van der Waals surface area (Å²) in [6, 6.07) is 14.2. The lowest BCUT2D eigenvalue weighted by Gasteiger charge is -2.06. The summed E-state index contributed by atoms with van der Waals surface area (Å²) in [5, 5.41) is 1.21. The summed E-state index contributed by atoms with van der Waals surface area (Å²) < 4.78 is 2.17. The Morgan fingerprint density at radius 1 is 1.17 bits per heavy atom. The average molecular weight is 237 g/mol. The van der Waals surface area contributed by atoms with E-state index < -0.39 is 0 Å². The quantitative estimate of drug-likeness (QED) is 0.696. The number of nitrogens with zero attached hydrogens (tertiary/aromatic N) is 2. The van der Waals surface area contributed by atoms with Gasteiger partial charge in [0.05, 0.1) is 17.8 Å². The van der Waals surface area contributed by atoms with E-state index in [0.29, 0.717) is 0 Å². The molecule has 2 N–H and O–H groups in total. The van der Waals surface area contributed by atoms with E-state index >= 15 is 0 Å². The molecule has 0 atom stereocenters. The van der Waals surface area contributed by atoms with Gasteiger partial charge < -0.3 is 10.3 Å². The summed E-state index contributed by atoms with van der Waals surface area (Å²) >= 11 is 0. The van der Waals surface area contributed by atoms with Gasteiger partial charge in [-0.15, -0.1) is 0 Å². The Kier molecular flexibility index (Phi) is 2.52. The predicted molar refractivity (Wildman–Crippen MR) is 74.4 cm³/mol. The van der Waals surface area contributed by atoms with Gasteiger partial charge in [-0.1, -0.05) is 12.1 Å². The monoisotopic (exact) mass is 237 g/mol. The SMILES string of the molecule is Cc1cccc(Cn2ccc3ccc(N)cc32)n1. The first-order valence-corrected chi connectivity index (χ1v) is 5.99. The van der Waals surface area contributed by atoms with Crippen molar-refractivity contribution in [2.24, 2.45) is 0 Å². The van der Waals surface area contributed by atoms with Crippen LogP contribution in [0.25, 0.3) is 10.9 Å². The maximum absolute atomic E-state index is 5.84. The number of hydrogen-bond donors (Lipinski definition) is 1. The molecule has 0 fully saturated rings. The number of pyridine rings is 1. The maximum Gasteiger partial charge on any atom is 0.0648 e. The number of hydrogen-bond acceptors (Lipinski definition) is 2. The van der Waals surface area contributed by atoms with Gasteiger partial charge in [0.15, 0.2) is 0 Å². The van der Waals surface area contributed by atoms with E-state index in [9.17, 15) is 0 Å². The number of anilines is 1. The highest BCUT2D eigenvalue weighted by atomic mass is 15.0. The minimum absolute atomic E-state index is 0.772. The molecule has 1 aromatic carbocycles. The van der Waals surface area contributed by atoms with Gasteiger partial charge in [-0.2, -0.15) is 0 Å². The molecule has 2 aromatic heterocycles. The maximum atomic E-state index is 5.84. The molecular weight excluding hydrogens is 222 g/mol. The lowest BCUT2D eigenvalue weighted by Crippen LogP contribution is -2.01. The Labute approximate surface area is 106 Å². The zero-order valence-corrected chi connectivity index (χ0v) is 10.3. The summed E-state index contributed by atoms with van der Waals surface area (Å²) in [4.78, 5) is 4.53. The number of aryl methyl sites for hydroxylation is 1. The third-order valence-corrected chi connectivity index (χ3v) is 3.08. The van der Waals surface area contributed by atoms with E-state index in [1.807, 2.05) is 43.3 Å². The molecule has 0 saturated heterocycles. The third-order valence-electron chi connectivity index (χ3n) is 3.08. The van der Waals surface area contributed by atoms with E-state index in [2.05, 4.69) is 21.8 Å². The van der Waals surface area contributed by atoms with Crippen molar-refractivity contribution in [1.29, 1.82) is 0 Å². The highest BCUT2D eigenvalue weighted by Crippen LogP contribution is 2.19. The van der Waals surface area contributed by atoms with E-state index in [1.54, 1.807) is 0 Å². The van der Waals surface area contributed by atoms with Gasteiger partial charge in [-0.25, -0.2) is 0 Å². The molecule has 0 spiro atoms. The Morgan fingerprint density at radius 2 is 2.06 bits per heavy atom. The Balaban J connectivity index is 2.02. The van der Waals surface area contributed by atoms with Crippen LogP contribution in [0.5, 0.6) is 0 Å². The highest BCUT2D eigenvalue weighted by Gasteiger charge is 2.03. The van der Waals surface area contributed by atoms with Crippen LogP contribution in [0.4, 0.5) is 5.69 Å². The predicted octanol–water partition coefficient (Wildman–Crippen LogP) is 2.98. The van der Waals surface area contributed by atoms with Crippen molar-refractivity contribution >= 4 is 16.6 Å². The van der Waals surface area contributed by atoms with Crippen molar-refractivity contribution in [2.45, 2.75) is 13.5 Å². The second-order valence-electron chi connectivity index (χ2n) is 4.53. The lowest BCUT2D eigenvalue weighted by atomic mass is 10.2. The molecule has 0 amide bonds. The minimum Gasteiger partial charge on any atom is -0.399 e. The second-order valence-corrected chi connectivity index (χ2v) is 4.53. The van der Waals surface area contributed by atoms with Crippen LogP contribution in [0.15, 0.2) is 48.7 Å². The van der Waals surface area contributed by atoms with Crippen LogP contribution in [0, 0.1) is 6.92 Å². The van der Waals surface area contributed by atoms with Crippen LogP contribution in [0.2, 0.25) is 0 Å². The highest BCUT2D eigenvalue weighted by molar-refractivity contribution is 5.83. The second kappa shape index (κ2) is 4.18. The van der Waals surface area contributed by atoms with Gasteiger partial charge in [0.1, 0.15) is 0 Å². The molecule has 90 valence electrons. The van der Waals surface area contributed by atoms with E-state index in [-0.39, 0.29) is 0 Å². The fraction of sp³-hybridized carbons (Fsp3) is 0.133. The fourth-order valence-electron chi connectivity index (χ4n) is 2.20. The molecule has 3 rings (SSSR count). The van der Waals surface area contributed by atoms with Gasteiger partial charge in [0.2, 0.25) is 0 Å². The average Bonchev–Trinajstić information content (AvgIpc) is 2.72. The molecular formula is C15H15N3. The molecule has 3 heteroatoms. The largest absolute Gasteiger partial charge is 0.399 e. The van der Waals surface area contributed by atoms with Gasteiger partial charge in [-0.3, -0.25) is 4.98 Å². The van der Waals surface area contributed by atoms with E-state index in [1.165, 1.54) is 5.39 Å². The molecule has 0 aliphatic heterocycles. The summed E-state index contributed by atoms with van der Waals surface area (Å²) in [7, 11) is 0. The molecule has 0 radical (unpaired) electrons. The summed E-state index contributed by atoms with van der Waals surface area (Å²) in [5.74, 6) is 0. The van der Waals surface area contributed by atoms with Crippen molar-refractivity contribution in [2.75, 3.05) is 5.73 Å². The lowest BCUT2D eigenvalue weighted by molar-refractivity contribution is 0.803. The first-order chi connectivity index (χ1) is 8.72. The Hall–Kier alpha value is -2.29. The number of nitrogen functional groups attached to an aromatic ring is 1. The molecule has 3 nitrogen and oxygen atoms in total. The first kappa shape index (κ1) is 10.8. The van der Waals surface area contributed by atoms with Crippen LogP contribution < -0.4 is 5.73 Å². The number of rotatable bonds is 2. The van der Waals surface area contributed by atoms with Crippen molar-refractivity contribution in [3.05, 3.63) is 60.0 Å². The third kappa shape index (κ3) is 1.95. The van der Waals surface area contributed by atoms with Crippen LogP contribution in [-0.4, -0.2) is 9.55 Å². The van der Waals surface area contributed by atoms with E-state index in [4.69, 9.17) is 5.73 Å². The number of nitrogens with two attached hydrogens (primary N) is 1. The Morgan fingerprint density at radius 3 is 2.89 bits per heavy atom.